The Hall–Kier alpha value is -3.56. The number of aromatic nitrogens is 1. The van der Waals surface area contributed by atoms with E-state index >= 15 is 0 Å². The minimum Gasteiger partial charge on any atom is -0.444 e. The standard InChI is InChI=1S/C34H38ClF2N3O3S/c1-7-8-23(22-15-17-38-18-16-22)19-21(2)20-40(25-11-9-24(10-12-25)39(6)33(42)43-34(3,4)5)32(41)31-29(35)28-26(36)13-14-27(37)30(28)44-31/h7-8,13-19,24-25H,1,9-12,20H2,2-6H3/b21-19+,23-8+/t24-,25-. The van der Waals surface area contributed by atoms with Gasteiger partial charge < -0.3 is 14.5 Å². The van der Waals surface area contributed by atoms with Crippen molar-refractivity contribution in [3.8, 4) is 0 Å². The number of thiophene rings is 1. The van der Waals surface area contributed by atoms with E-state index < -0.39 is 17.2 Å². The molecule has 1 fully saturated rings. The molecule has 234 valence electrons. The minimum absolute atomic E-state index is 0.0159. The number of benzene rings is 1. The van der Waals surface area contributed by atoms with Gasteiger partial charge in [-0.05, 0) is 88.8 Å². The number of amides is 2. The number of halogens is 3. The Morgan fingerprint density at radius 2 is 1.70 bits per heavy atom. The van der Waals surface area contributed by atoms with Gasteiger partial charge in [-0.3, -0.25) is 9.78 Å². The smallest absolute Gasteiger partial charge is 0.410 e. The van der Waals surface area contributed by atoms with E-state index in [0.717, 1.165) is 40.2 Å². The number of pyridine rings is 1. The van der Waals surface area contributed by atoms with Gasteiger partial charge in [0.05, 0.1) is 15.1 Å². The van der Waals surface area contributed by atoms with E-state index in [1.807, 2.05) is 52.0 Å². The Bertz CT molecular complexity index is 1590. The largest absolute Gasteiger partial charge is 0.444 e. The first-order valence-electron chi connectivity index (χ1n) is 14.5. The maximum absolute atomic E-state index is 14.7. The molecule has 0 unspecified atom stereocenters. The number of carbonyl (C=O) groups excluding carboxylic acids is 2. The zero-order chi connectivity index (χ0) is 32.2. The predicted molar refractivity (Wildman–Crippen MR) is 174 cm³/mol. The van der Waals surface area contributed by atoms with E-state index in [9.17, 15) is 18.4 Å². The lowest BCUT2D eigenvalue weighted by Crippen LogP contribution is -2.48. The van der Waals surface area contributed by atoms with Gasteiger partial charge in [0.2, 0.25) is 0 Å². The average Bonchev–Trinajstić information content (AvgIpc) is 3.35. The van der Waals surface area contributed by atoms with Crippen LogP contribution in [0.2, 0.25) is 5.02 Å². The minimum atomic E-state index is -0.674. The predicted octanol–water partition coefficient (Wildman–Crippen LogP) is 9.06. The molecule has 0 aliphatic heterocycles. The summed E-state index contributed by atoms with van der Waals surface area (Å²) in [6, 6.07) is 5.62. The molecule has 0 bridgehead atoms. The summed E-state index contributed by atoms with van der Waals surface area (Å²) in [5, 5.41) is -0.162. The molecule has 1 saturated carbocycles. The Morgan fingerprint density at radius 1 is 1.09 bits per heavy atom. The maximum atomic E-state index is 14.7. The highest BCUT2D eigenvalue weighted by molar-refractivity contribution is 7.21. The van der Waals surface area contributed by atoms with Gasteiger partial charge in [-0.2, -0.15) is 0 Å². The third kappa shape index (κ3) is 7.74. The molecule has 0 radical (unpaired) electrons. The maximum Gasteiger partial charge on any atom is 0.410 e. The van der Waals surface area contributed by atoms with Gasteiger partial charge in [-0.25, -0.2) is 13.6 Å². The normalized spacial score (nSPS) is 17.8. The summed E-state index contributed by atoms with van der Waals surface area (Å²) in [5.41, 5.74) is 2.14. The van der Waals surface area contributed by atoms with Crippen molar-refractivity contribution >= 4 is 50.6 Å². The molecular formula is C34H38ClF2N3O3S. The van der Waals surface area contributed by atoms with Crippen LogP contribution in [0, 0.1) is 11.6 Å². The topological polar surface area (TPSA) is 62.7 Å². The first kappa shape index (κ1) is 33.3. The van der Waals surface area contributed by atoms with Gasteiger partial charge in [0.25, 0.3) is 5.91 Å². The van der Waals surface area contributed by atoms with Gasteiger partial charge in [-0.15, -0.1) is 11.3 Å². The molecule has 10 heteroatoms. The fraction of sp³-hybridized carbons (Fsp3) is 0.382. The van der Waals surface area contributed by atoms with Crippen LogP contribution in [-0.4, -0.2) is 58.1 Å². The first-order valence-corrected chi connectivity index (χ1v) is 15.7. The molecule has 0 atom stereocenters. The number of nitrogens with zero attached hydrogens (tertiary/aromatic N) is 3. The number of carbonyl (C=O) groups is 2. The highest BCUT2D eigenvalue weighted by Gasteiger charge is 2.35. The molecule has 0 saturated heterocycles. The summed E-state index contributed by atoms with van der Waals surface area (Å²) in [4.78, 5) is 34.5. The van der Waals surface area contributed by atoms with Crippen molar-refractivity contribution in [2.24, 2.45) is 0 Å². The molecule has 4 rings (SSSR count). The highest BCUT2D eigenvalue weighted by Crippen LogP contribution is 2.40. The van der Waals surface area contributed by atoms with Crippen LogP contribution < -0.4 is 0 Å². The monoisotopic (exact) mass is 641 g/mol. The average molecular weight is 642 g/mol. The van der Waals surface area contributed by atoms with Crippen molar-refractivity contribution in [2.45, 2.75) is 71.1 Å². The molecule has 2 heterocycles. The van der Waals surface area contributed by atoms with E-state index in [0.29, 0.717) is 25.7 Å². The van der Waals surface area contributed by atoms with E-state index in [2.05, 4.69) is 11.6 Å². The van der Waals surface area contributed by atoms with E-state index in [1.54, 1.807) is 35.3 Å². The second kappa shape index (κ2) is 14.0. The fourth-order valence-electron chi connectivity index (χ4n) is 5.45. The molecule has 1 aromatic carbocycles. The van der Waals surface area contributed by atoms with Crippen molar-refractivity contribution in [3.05, 3.63) is 94.1 Å². The number of allylic oxidation sites excluding steroid dienone is 4. The Labute approximate surface area is 266 Å². The van der Waals surface area contributed by atoms with Crippen LogP contribution in [0.5, 0.6) is 0 Å². The Kier molecular flexibility index (Phi) is 10.6. The Balaban J connectivity index is 1.64. The Morgan fingerprint density at radius 3 is 2.30 bits per heavy atom. The third-order valence-electron chi connectivity index (χ3n) is 7.61. The molecule has 0 spiro atoms. The van der Waals surface area contributed by atoms with Gasteiger partial charge in [0.1, 0.15) is 22.1 Å². The van der Waals surface area contributed by atoms with E-state index in [1.165, 1.54) is 0 Å². The summed E-state index contributed by atoms with van der Waals surface area (Å²) >= 11 is 7.43. The van der Waals surface area contributed by atoms with Gasteiger partial charge in [-0.1, -0.05) is 42.0 Å². The summed E-state index contributed by atoms with van der Waals surface area (Å²) in [5.74, 6) is -1.69. The fourth-order valence-corrected chi connectivity index (χ4v) is 6.96. The van der Waals surface area contributed by atoms with Crippen LogP contribution in [0.3, 0.4) is 0 Å². The lowest BCUT2D eigenvalue weighted by molar-refractivity contribution is 0.0150. The van der Waals surface area contributed by atoms with Crippen molar-refractivity contribution in [1.29, 1.82) is 0 Å². The number of ether oxygens (including phenoxy) is 1. The second-order valence-corrected chi connectivity index (χ2v) is 13.4. The van der Waals surface area contributed by atoms with E-state index in [-0.39, 0.29) is 50.6 Å². The summed E-state index contributed by atoms with van der Waals surface area (Å²) in [7, 11) is 1.74. The zero-order valence-electron chi connectivity index (χ0n) is 25.7. The summed E-state index contributed by atoms with van der Waals surface area (Å²) in [6.45, 7) is 11.5. The van der Waals surface area contributed by atoms with Crippen LogP contribution in [0.4, 0.5) is 13.6 Å². The van der Waals surface area contributed by atoms with Crippen molar-refractivity contribution < 1.29 is 23.1 Å². The lowest BCUT2D eigenvalue weighted by atomic mass is 9.89. The molecular weight excluding hydrogens is 604 g/mol. The van der Waals surface area contributed by atoms with Crippen molar-refractivity contribution in [2.75, 3.05) is 13.6 Å². The van der Waals surface area contributed by atoms with E-state index in [4.69, 9.17) is 16.3 Å². The molecule has 1 aliphatic carbocycles. The third-order valence-corrected chi connectivity index (χ3v) is 9.28. The molecule has 2 amide bonds. The summed E-state index contributed by atoms with van der Waals surface area (Å²) < 4.78 is 34.9. The highest BCUT2D eigenvalue weighted by atomic mass is 35.5. The molecule has 0 N–H and O–H groups in total. The lowest BCUT2D eigenvalue weighted by Gasteiger charge is -2.40. The first-order chi connectivity index (χ1) is 20.8. The second-order valence-electron chi connectivity index (χ2n) is 12.0. The van der Waals surface area contributed by atoms with Gasteiger partial charge in [0, 0.05) is 38.1 Å². The van der Waals surface area contributed by atoms with Crippen molar-refractivity contribution in [3.63, 3.8) is 0 Å². The number of fused-ring (bicyclic) bond motifs is 1. The van der Waals surface area contributed by atoms with Crippen LogP contribution in [0.1, 0.15) is 68.6 Å². The van der Waals surface area contributed by atoms with Crippen molar-refractivity contribution in [1.82, 2.24) is 14.8 Å². The zero-order valence-corrected chi connectivity index (χ0v) is 27.3. The van der Waals surface area contributed by atoms with Crippen LogP contribution in [-0.2, 0) is 4.74 Å². The van der Waals surface area contributed by atoms with Gasteiger partial charge >= 0.3 is 6.09 Å². The number of hydrogen-bond donors (Lipinski definition) is 0. The molecule has 44 heavy (non-hydrogen) atoms. The molecule has 6 nitrogen and oxygen atoms in total. The van der Waals surface area contributed by atoms with Crippen LogP contribution in [0.15, 0.2) is 67.0 Å². The molecule has 2 aromatic heterocycles. The SMILES string of the molecule is C=C/C=C(\C=C(/C)CN(C(=O)c1sc2c(F)ccc(F)c2c1Cl)[C@H]1CC[C@H](N(C)C(=O)OC(C)(C)C)CC1)c1ccncc1. The quantitative estimate of drug-likeness (QED) is 0.230. The molecule has 1 aliphatic rings. The number of rotatable bonds is 8. The van der Waals surface area contributed by atoms with Gasteiger partial charge in [0.15, 0.2) is 0 Å². The van der Waals surface area contributed by atoms with Crippen LogP contribution in [0.25, 0.3) is 15.7 Å². The number of hydrogen-bond acceptors (Lipinski definition) is 5. The molecule has 3 aromatic rings. The van der Waals surface area contributed by atoms with Crippen LogP contribution >= 0.6 is 22.9 Å². The summed E-state index contributed by atoms with van der Waals surface area (Å²) in [6.07, 6.45) is 11.2.